The number of anilines is 1. The molecule has 0 amide bonds. The molecule has 2 aromatic heterocycles. The zero-order valence-corrected chi connectivity index (χ0v) is 10.8. The molecule has 0 saturated heterocycles. The highest BCUT2D eigenvalue weighted by Gasteiger charge is 2.19. The van der Waals surface area contributed by atoms with Crippen LogP contribution >= 0.6 is 0 Å². The minimum absolute atomic E-state index is 0.137. The molecule has 1 aliphatic carbocycles. The van der Waals surface area contributed by atoms with E-state index in [1.807, 2.05) is 13.0 Å². The Kier molecular flexibility index (Phi) is 2.85. The van der Waals surface area contributed by atoms with E-state index in [4.69, 9.17) is 5.11 Å². The topological polar surface area (TPSA) is 79.5 Å². The summed E-state index contributed by atoms with van der Waals surface area (Å²) in [7, 11) is 0. The Hall–Kier alpha value is -2.11. The second kappa shape index (κ2) is 4.53. The monoisotopic (exact) mass is 260 g/mol. The van der Waals surface area contributed by atoms with Gasteiger partial charge in [0.1, 0.15) is 11.4 Å². The first-order valence-electron chi connectivity index (χ1n) is 6.50. The molecule has 6 nitrogen and oxygen atoms in total. The van der Waals surface area contributed by atoms with E-state index in [1.165, 1.54) is 19.0 Å². The summed E-state index contributed by atoms with van der Waals surface area (Å²) >= 11 is 0. The lowest BCUT2D eigenvalue weighted by Gasteiger charge is -2.14. The molecule has 2 heterocycles. The highest BCUT2D eigenvalue weighted by Crippen LogP contribution is 2.23. The minimum Gasteiger partial charge on any atom is -0.477 e. The molecule has 3 rings (SSSR count). The predicted octanol–water partition coefficient (Wildman–Crippen LogP) is 2.09. The number of carbonyl (C=O) groups is 1. The van der Waals surface area contributed by atoms with Crippen LogP contribution in [0.1, 0.15) is 41.7 Å². The molecule has 6 heteroatoms. The van der Waals surface area contributed by atoms with Crippen LogP contribution in [-0.2, 0) is 0 Å². The van der Waals surface area contributed by atoms with Gasteiger partial charge in [0.05, 0.1) is 6.20 Å². The quantitative estimate of drug-likeness (QED) is 0.883. The average Bonchev–Trinajstić information content (AvgIpc) is 2.97. The second-order valence-corrected chi connectivity index (χ2v) is 5.01. The van der Waals surface area contributed by atoms with Gasteiger partial charge in [-0.1, -0.05) is 12.8 Å². The third-order valence-corrected chi connectivity index (χ3v) is 3.54. The first kappa shape index (κ1) is 12.0. The molecule has 2 aromatic rings. The number of carboxylic acid groups (broad SMARTS) is 1. The van der Waals surface area contributed by atoms with Crippen molar-refractivity contribution in [3.63, 3.8) is 0 Å². The minimum atomic E-state index is -1.00. The van der Waals surface area contributed by atoms with Crippen LogP contribution < -0.4 is 5.32 Å². The molecule has 100 valence electrons. The number of hydrogen-bond donors (Lipinski definition) is 2. The Morgan fingerprint density at radius 2 is 2.21 bits per heavy atom. The van der Waals surface area contributed by atoms with Gasteiger partial charge in [-0.2, -0.15) is 9.61 Å². The van der Waals surface area contributed by atoms with Crippen molar-refractivity contribution in [1.82, 2.24) is 14.6 Å². The zero-order chi connectivity index (χ0) is 13.4. The van der Waals surface area contributed by atoms with Gasteiger partial charge in [-0.3, -0.25) is 0 Å². The van der Waals surface area contributed by atoms with E-state index in [9.17, 15) is 4.79 Å². The zero-order valence-electron chi connectivity index (χ0n) is 10.8. The lowest BCUT2D eigenvalue weighted by molar-refractivity contribution is 0.0699. The number of aromatic nitrogens is 3. The fraction of sp³-hybridized carbons (Fsp3) is 0.462. The number of aryl methyl sites for hydroxylation is 1. The lowest BCUT2D eigenvalue weighted by atomic mass is 10.2. The normalized spacial score (nSPS) is 16.1. The highest BCUT2D eigenvalue weighted by molar-refractivity contribution is 5.94. The van der Waals surface area contributed by atoms with E-state index in [1.54, 1.807) is 4.52 Å². The van der Waals surface area contributed by atoms with Gasteiger partial charge in [0, 0.05) is 17.8 Å². The fourth-order valence-electron chi connectivity index (χ4n) is 2.62. The number of nitrogens with zero attached hydrogens (tertiary/aromatic N) is 3. The van der Waals surface area contributed by atoms with Gasteiger partial charge in [0.15, 0.2) is 5.65 Å². The highest BCUT2D eigenvalue weighted by atomic mass is 16.4. The van der Waals surface area contributed by atoms with Crippen molar-refractivity contribution < 1.29 is 9.90 Å². The number of aromatic carboxylic acids is 1. The third kappa shape index (κ3) is 2.14. The van der Waals surface area contributed by atoms with E-state index < -0.39 is 5.97 Å². The lowest BCUT2D eigenvalue weighted by Crippen LogP contribution is -2.17. The Balaban J connectivity index is 2.05. The summed E-state index contributed by atoms with van der Waals surface area (Å²) in [6.07, 6.45) is 6.13. The maximum Gasteiger partial charge on any atom is 0.341 e. The third-order valence-electron chi connectivity index (χ3n) is 3.54. The molecular formula is C13H16N4O2. The number of carboxylic acids is 1. The summed E-state index contributed by atoms with van der Waals surface area (Å²) in [6.45, 7) is 1.86. The van der Waals surface area contributed by atoms with Gasteiger partial charge in [0.25, 0.3) is 0 Å². The Morgan fingerprint density at radius 1 is 1.47 bits per heavy atom. The van der Waals surface area contributed by atoms with Crippen LogP contribution in [0.4, 0.5) is 5.82 Å². The summed E-state index contributed by atoms with van der Waals surface area (Å²) in [5.41, 5.74) is 1.32. The Morgan fingerprint density at radius 3 is 2.89 bits per heavy atom. The van der Waals surface area contributed by atoms with E-state index in [0.29, 0.717) is 11.7 Å². The Labute approximate surface area is 110 Å². The summed E-state index contributed by atoms with van der Waals surface area (Å²) in [5, 5.41) is 16.7. The largest absolute Gasteiger partial charge is 0.477 e. The molecule has 1 saturated carbocycles. The SMILES string of the molecule is Cc1cc(NC2CCCC2)n2ncc(C(=O)O)c2n1. The molecule has 0 bridgehead atoms. The van der Waals surface area contributed by atoms with Crippen molar-refractivity contribution in [3.8, 4) is 0 Å². The molecular weight excluding hydrogens is 244 g/mol. The fourth-order valence-corrected chi connectivity index (χ4v) is 2.62. The number of hydrogen-bond acceptors (Lipinski definition) is 4. The van der Waals surface area contributed by atoms with Crippen LogP contribution in [0, 0.1) is 6.92 Å². The van der Waals surface area contributed by atoms with Crippen molar-refractivity contribution in [2.75, 3.05) is 5.32 Å². The van der Waals surface area contributed by atoms with Gasteiger partial charge in [-0.15, -0.1) is 0 Å². The average molecular weight is 260 g/mol. The van der Waals surface area contributed by atoms with Gasteiger partial charge in [-0.05, 0) is 19.8 Å². The standard InChI is InChI=1S/C13H16N4O2/c1-8-6-11(16-9-4-2-3-5-9)17-12(15-8)10(7-14-17)13(18)19/h6-7,9,16H,2-5H2,1H3,(H,18,19). The van der Waals surface area contributed by atoms with Crippen molar-refractivity contribution in [2.24, 2.45) is 0 Å². The molecule has 19 heavy (non-hydrogen) atoms. The molecule has 0 aliphatic heterocycles. The molecule has 0 unspecified atom stereocenters. The smallest absolute Gasteiger partial charge is 0.341 e. The molecule has 2 N–H and O–H groups in total. The van der Waals surface area contributed by atoms with E-state index in [-0.39, 0.29) is 5.56 Å². The summed E-state index contributed by atoms with van der Waals surface area (Å²) in [5.74, 6) is -0.179. The predicted molar refractivity (Wildman–Crippen MR) is 70.6 cm³/mol. The van der Waals surface area contributed by atoms with Crippen LogP contribution in [0.3, 0.4) is 0 Å². The van der Waals surface area contributed by atoms with Gasteiger partial charge < -0.3 is 10.4 Å². The first-order chi connectivity index (χ1) is 9.15. The van der Waals surface area contributed by atoms with Gasteiger partial charge in [0.2, 0.25) is 0 Å². The number of nitrogens with one attached hydrogen (secondary N) is 1. The summed E-state index contributed by atoms with van der Waals surface area (Å²) in [6, 6.07) is 2.35. The maximum absolute atomic E-state index is 11.1. The molecule has 1 aliphatic rings. The van der Waals surface area contributed by atoms with Crippen LogP contribution in [0.25, 0.3) is 5.65 Å². The summed E-state index contributed by atoms with van der Waals surface area (Å²) < 4.78 is 1.58. The molecule has 0 atom stereocenters. The van der Waals surface area contributed by atoms with Crippen LogP contribution in [-0.4, -0.2) is 31.7 Å². The van der Waals surface area contributed by atoms with E-state index in [2.05, 4.69) is 15.4 Å². The van der Waals surface area contributed by atoms with Crippen molar-refractivity contribution >= 4 is 17.4 Å². The van der Waals surface area contributed by atoms with Crippen molar-refractivity contribution in [1.29, 1.82) is 0 Å². The van der Waals surface area contributed by atoms with Gasteiger partial charge >= 0.3 is 5.97 Å². The number of fused-ring (bicyclic) bond motifs is 1. The second-order valence-electron chi connectivity index (χ2n) is 5.01. The van der Waals surface area contributed by atoms with Crippen LogP contribution in [0.5, 0.6) is 0 Å². The number of rotatable bonds is 3. The first-order valence-corrected chi connectivity index (χ1v) is 6.50. The van der Waals surface area contributed by atoms with E-state index >= 15 is 0 Å². The summed E-state index contributed by atoms with van der Waals surface area (Å²) in [4.78, 5) is 15.4. The maximum atomic E-state index is 11.1. The van der Waals surface area contributed by atoms with Crippen LogP contribution in [0.2, 0.25) is 0 Å². The van der Waals surface area contributed by atoms with Crippen LogP contribution in [0.15, 0.2) is 12.3 Å². The molecule has 0 radical (unpaired) electrons. The van der Waals surface area contributed by atoms with E-state index in [0.717, 1.165) is 24.4 Å². The molecule has 1 fully saturated rings. The molecule has 0 spiro atoms. The Bertz CT molecular complexity index is 629. The molecule has 0 aromatic carbocycles. The van der Waals surface area contributed by atoms with Gasteiger partial charge in [-0.25, -0.2) is 9.78 Å². The van der Waals surface area contributed by atoms with Crippen molar-refractivity contribution in [2.45, 2.75) is 38.6 Å². The van der Waals surface area contributed by atoms with Crippen molar-refractivity contribution in [3.05, 3.63) is 23.5 Å².